The number of thiophene rings is 1. The quantitative estimate of drug-likeness (QED) is 0.815. The Morgan fingerprint density at radius 1 is 1.53 bits per heavy atom. The van der Waals surface area contributed by atoms with Crippen molar-refractivity contribution in [1.29, 1.82) is 0 Å². The molecule has 0 aliphatic heterocycles. The monoisotopic (exact) mass is 330 g/mol. The second-order valence-electron chi connectivity index (χ2n) is 3.55. The molecule has 0 spiro atoms. The lowest BCUT2D eigenvalue weighted by Gasteiger charge is -2.22. The largest absolute Gasteiger partial charge is 0.351 e. The van der Waals surface area contributed by atoms with Crippen molar-refractivity contribution in [2.45, 2.75) is 13.5 Å². The molecule has 90 valence electrons. The third kappa shape index (κ3) is 3.21. The summed E-state index contributed by atoms with van der Waals surface area (Å²) >= 11 is 11.2. The van der Waals surface area contributed by atoms with Gasteiger partial charge in [0, 0.05) is 17.6 Å². The molecule has 0 saturated carbocycles. The fourth-order valence-corrected chi connectivity index (χ4v) is 3.18. The van der Waals surface area contributed by atoms with Gasteiger partial charge < -0.3 is 4.90 Å². The molecule has 2 nitrogen and oxygen atoms in total. The SMILES string of the molecule is CCN(Cc1cccs1)c1ncc(Cl)cc1Br. The minimum Gasteiger partial charge on any atom is -0.351 e. The van der Waals surface area contributed by atoms with Crippen molar-refractivity contribution >= 4 is 44.7 Å². The van der Waals surface area contributed by atoms with Crippen LogP contribution in [0.1, 0.15) is 11.8 Å². The summed E-state index contributed by atoms with van der Waals surface area (Å²) in [6.45, 7) is 3.91. The third-order valence-corrected chi connectivity index (χ3v) is 4.05. The van der Waals surface area contributed by atoms with E-state index in [4.69, 9.17) is 11.6 Å². The highest BCUT2D eigenvalue weighted by atomic mass is 79.9. The van der Waals surface area contributed by atoms with Crippen LogP contribution in [0.3, 0.4) is 0 Å². The average molecular weight is 332 g/mol. The molecule has 0 unspecified atom stereocenters. The van der Waals surface area contributed by atoms with Gasteiger partial charge in [0.2, 0.25) is 0 Å². The molecule has 0 radical (unpaired) electrons. The molecule has 2 aromatic heterocycles. The predicted octanol–water partition coefficient (Wildman–Crippen LogP) is 4.59. The molecular weight excluding hydrogens is 320 g/mol. The van der Waals surface area contributed by atoms with Gasteiger partial charge in [0.15, 0.2) is 0 Å². The van der Waals surface area contributed by atoms with Crippen LogP contribution < -0.4 is 4.90 Å². The molecular formula is C12H12BrClN2S. The summed E-state index contributed by atoms with van der Waals surface area (Å²) < 4.78 is 0.934. The first-order valence-corrected chi connectivity index (χ1v) is 7.34. The summed E-state index contributed by atoms with van der Waals surface area (Å²) in [5.74, 6) is 0.935. The second-order valence-corrected chi connectivity index (χ2v) is 5.88. The van der Waals surface area contributed by atoms with Gasteiger partial charge in [-0.25, -0.2) is 4.98 Å². The van der Waals surface area contributed by atoms with E-state index in [0.717, 1.165) is 23.4 Å². The first-order valence-electron chi connectivity index (χ1n) is 5.29. The summed E-state index contributed by atoms with van der Waals surface area (Å²) in [5, 5.41) is 2.74. The van der Waals surface area contributed by atoms with Crippen LogP contribution in [0.5, 0.6) is 0 Å². The lowest BCUT2D eigenvalue weighted by atomic mass is 10.3. The van der Waals surface area contributed by atoms with Crippen LogP contribution in [-0.4, -0.2) is 11.5 Å². The number of anilines is 1. The van der Waals surface area contributed by atoms with Gasteiger partial charge in [-0.05, 0) is 40.4 Å². The zero-order valence-electron chi connectivity index (χ0n) is 9.36. The van der Waals surface area contributed by atoms with E-state index >= 15 is 0 Å². The van der Waals surface area contributed by atoms with Crippen LogP contribution in [0.4, 0.5) is 5.82 Å². The van der Waals surface area contributed by atoms with Crippen molar-refractivity contribution in [2.24, 2.45) is 0 Å². The van der Waals surface area contributed by atoms with Crippen molar-refractivity contribution in [3.63, 3.8) is 0 Å². The van der Waals surface area contributed by atoms with E-state index in [2.05, 4.69) is 50.3 Å². The molecule has 5 heteroatoms. The highest BCUT2D eigenvalue weighted by molar-refractivity contribution is 9.10. The number of nitrogens with zero attached hydrogens (tertiary/aromatic N) is 2. The Morgan fingerprint density at radius 3 is 2.94 bits per heavy atom. The maximum atomic E-state index is 5.90. The van der Waals surface area contributed by atoms with Crippen molar-refractivity contribution < 1.29 is 0 Å². The lowest BCUT2D eigenvalue weighted by Crippen LogP contribution is -2.22. The maximum absolute atomic E-state index is 5.90. The van der Waals surface area contributed by atoms with E-state index in [1.807, 2.05) is 6.07 Å². The standard InChI is InChI=1S/C12H12BrClN2S/c1-2-16(8-10-4-3-5-17-10)12-11(13)6-9(14)7-15-12/h3-7H,2,8H2,1H3. The zero-order chi connectivity index (χ0) is 12.3. The number of pyridine rings is 1. The van der Waals surface area contributed by atoms with E-state index in [-0.39, 0.29) is 0 Å². The van der Waals surface area contributed by atoms with Crippen LogP contribution in [-0.2, 0) is 6.54 Å². The van der Waals surface area contributed by atoms with Gasteiger partial charge in [-0.15, -0.1) is 11.3 Å². The van der Waals surface area contributed by atoms with Crippen LogP contribution in [0.25, 0.3) is 0 Å². The van der Waals surface area contributed by atoms with Gasteiger partial charge in [-0.2, -0.15) is 0 Å². The van der Waals surface area contributed by atoms with Crippen molar-refractivity contribution in [3.05, 3.63) is 44.1 Å². The number of hydrogen-bond acceptors (Lipinski definition) is 3. The Labute approximate surface area is 118 Å². The van der Waals surface area contributed by atoms with Gasteiger partial charge in [-0.3, -0.25) is 0 Å². The van der Waals surface area contributed by atoms with E-state index < -0.39 is 0 Å². The zero-order valence-corrected chi connectivity index (χ0v) is 12.5. The van der Waals surface area contributed by atoms with Gasteiger partial charge >= 0.3 is 0 Å². The van der Waals surface area contributed by atoms with Crippen LogP contribution >= 0.6 is 38.9 Å². The van der Waals surface area contributed by atoms with Crippen LogP contribution in [0, 0.1) is 0 Å². The Morgan fingerprint density at radius 2 is 2.35 bits per heavy atom. The molecule has 0 aliphatic carbocycles. The van der Waals surface area contributed by atoms with E-state index in [0.29, 0.717) is 5.02 Å². The summed E-state index contributed by atoms with van der Waals surface area (Å²) in [7, 11) is 0. The van der Waals surface area contributed by atoms with Crippen LogP contribution in [0.2, 0.25) is 5.02 Å². The second kappa shape index (κ2) is 5.85. The van der Waals surface area contributed by atoms with Gasteiger partial charge in [0.25, 0.3) is 0 Å². The van der Waals surface area contributed by atoms with Crippen molar-refractivity contribution in [3.8, 4) is 0 Å². The van der Waals surface area contributed by atoms with E-state index in [1.54, 1.807) is 17.5 Å². The molecule has 0 N–H and O–H groups in total. The molecule has 0 bridgehead atoms. The fraction of sp³-hybridized carbons (Fsp3) is 0.250. The smallest absolute Gasteiger partial charge is 0.143 e. The summed E-state index contributed by atoms with van der Waals surface area (Å²) in [5.41, 5.74) is 0. The maximum Gasteiger partial charge on any atom is 0.143 e. The Kier molecular flexibility index (Phi) is 4.42. The normalized spacial score (nSPS) is 10.5. The molecule has 17 heavy (non-hydrogen) atoms. The average Bonchev–Trinajstić information content (AvgIpc) is 2.79. The molecule has 0 saturated heterocycles. The highest BCUT2D eigenvalue weighted by Gasteiger charge is 2.11. The van der Waals surface area contributed by atoms with Gasteiger partial charge in [-0.1, -0.05) is 17.7 Å². The topological polar surface area (TPSA) is 16.1 Å². The first-order chi connectivity index (χ1) is 8.20. The Balaban J connectivity index is 2.23. The number of aromatic nitrogens is 1. The van der Waals surface area contributed by atoms with E-state index in [1.165, 1.54) is 4.88 Å². The fourth-order valence-electron chi connectivity index (χ4n) is 1.57. The molecule has 2 heterocycles. The molecule has 0 fully saturated rings. The van der Waals surface area contributed by atoms with Crippen molar-refractivity contribution in [2.75, 3.05) is 11.4 Å². The number of hydrogen-bond donors (Lipinski definition) is 0. The molecule has 0 amide bonds. The number of rotatable bonds is 4. The molecule has 2 aromatic rings. The summed E-state index contributed by atoms with van der Waals surface area (Å²) in [4.78, 5) is 7.92. The highest BCUT2D eigenvalue weighted by Crippen LogP contribution is 2.28. The van der Waals surface area contributed by atoms with Gasteiger partial charge in [0.1, 0.15) is 5.82 Å². The summed E-state index contributed by atoms with van der Waals surface area (Å²) in [6, 6.07) is 6.08. The Bertz CT molecular complexity index is 487. The molecule has 0 atom stereocenters. The first kappa shape index (κ1) is 12.9. The lowest BCUT2D eigenvalue weighted by molar-refractivity contribution is 0.820. The predicted molar refractivity (Wildman–Crippen MR) is 78.0 cm³/mol. The van der Waals surface area contributed by atoms with Gasteiger partial charge in [0.05, 0.1) is 16.0 Å². The minimum atomic E-state index is 0.646. The summed E-state index contributed by atoms with van der Waals surface area (Å²) in [6.07, 6.45) is 1.68. The molecule has 0 aromatic carbocycles. The Hall–Kier alpha value is -0.580. The number of halogens is 2. The third-order valence-electron chi connectivity index (χ3n) is 2.40. The minimum absolute atomic E-state index is 0.646. The van der Waals surface area contributed by atoms with Crippen LogP contribution in [0.15, 0.2) is 34.2 Å². The molecule has 2 rings (SSSR count). The van der Waals surface area contributed by atoms with E-state index in [9.17, 15) is 0 Å². The van der Waals surface area contributed by atoms with Crippen molar-refractivity contribution in [1.82, 2.24) is 4.98 Å². The molecule has 0 aliphatic rings.